The Kier molecular flexibility index (Phi) is 3.06. The normalized spacial score (nSPS) is 31.5. The van der Waals surface area contributed by atoms with Gasteiger partial charge in [0.1, 0.15) is 16.3 Å². The molecule has 2 rings (SSSR count). The minimum absolute atomic E-state index is 0.394. The lowest BCUT2D eigenvalue weighted by atomic mass is 9.86. The highest BCUT2D eigenvalue weighted by atomic mass is 79.9. The van der Waals surface area contributed by atoms with E-state index >= 15 is 0 Å². The van der Waals surface area contributed by atoms with Crippen molar-refractivity contribution in [2.75, 3.05) is 13.1 Å². The molecule has 82 valence electrons. The molecule has 0 aliphatic carbocycles. The zero-order valence-electron chi connectivity index (χ0n) is 8.15. The molecule has 2 heterocycles. The van der Waals surface area contributed by atoms with Crippen LogP contribution in [0.5, 0.6) is 0 Å². The van der Waals surface area contributed by atoms with Gasteiger partial charge in [-0.25, -0.2) is 4.98 Å². The molecule has 0 amide bonds. The summed E-state index contributed by atoms with van der Waals surface area (Å²) in [4.78, 5) is 4.20. The van der Waals surface area contributed by atoms with Gasteiger partial charge in [0.25, 0.3) is 0 Å². The van der Waals surface area contributed by atoms with Gasteiger partial charge in [-0.1, -0.05) is 6.07 Å². The van der Waals surface area contributed by atoms with E-state index in [1.807, 2.05) is 0 Å². The Morgan fingerprint density at radius 2 is 2.33 bits per heavy atom. The Morgan fingerprint density at radius 1 is 1.53 bits per heavy atom. The Balaban J connectivity index is 2.34. The van der Waals surface area contributed by atoms with Crippen LogP contribution in [0, 0.1) is 0 Å². The van der Waals surface area contributed by atoms with Crippen LogP contribution in [0.4, 0.5) is 0 Å². The Hall–Kier alpha value is -0.490. The standard InChI is InChI=1S/C10H13BrN2O2/c11-9-3-1-2-7(13-9)10(15)4-5-12-6-8(10)14/h1-3,8,12,14-15H,4-6H2/t8-,10-/m1/s1. The number of hydrogen-bond donors (Lipinski definition) is 3. The third kappa shape index (κ3) is 2.06. The number of piperidine rings is 1. The van der Waals surface area contributed by atoms with Crippen LogP contribution >= 0.6 is 15.9 Å². The molecule has 3 N–H and O–H groups in total. The number of rotatable bonds is 1. The first-order valence-electron chi connectivity index (χ1n) is 4.87. The van der Waals surface area contributed by atoms with Crippen LogP contribution in [0.3, 0.4) is 0 Å². The quantitative estimate of drug-likeness (QED) is 0.647. The maximum absolute atomic E-state index is 10.4. The van der Waals surface area contributed by atoms with Crippen molar-refractivity contribution in [3.63, 3.8) is 0 Å². The summed E-state index contributed by atoms with van der Waals surface area (Å²) in [6, 6.07) is 5.33. The summed E-state index contributed by atoms with van der Waals surface area (Å²) in [5.41, 5.74) is -0.708. The zero-order valence-corrected chi connectivity index (χ0v) is 9.74. The van der Waals surface area contributed by atoms with Gasteiger partial charge < -0.3 is 15.5 Å². The van der Waals surface area contributed by atoms with Crippen LogP contribution < -0.4 is 5.32 Å². The van der Waals surface area contributed by atoms with Gasteiger partial charge in [0.05, 0.1) is 5.69 Å². The summed E-state index contributed by atoms with van der Waals surface area (Å²) >= 11 is 3.25. The minimum atomic E-state index is -1.23. The van der Waals surface area contributed by atoms with Crippen molar-refractivity contribution in [2.24, 2.45) is 0 Å². The molecule has 0 unspecified atom stereocenters. The van der Waals surface area contributed by atoms with Crippen molar-refractivity contribution >= 4 is 15.9 Å². The Labute approximate surface area is 96.5 Å². The summed E-state index contributed by atoms with van der Waals surface area (Å²) < 4.78 is 0.666. The Bertz CT molecular complexity index is 361. The van der Waals surface area contributed by atoms with E-state index < -0.39 is 11.7 Å². The van der Waals surface area contributed by atoms with E-state index in [0.717, 1.165) is 0 Å². The first kappa shape index (κ1) is 11.0. The molecule has 15 heavy (non-hydrogen) atoms. The second kappa shape index (κ2) is 4.17. The average Bonchev–Trinajstić information content (AvgIpc) is 2.23. The number of aliphatic hydroxyl groups excluding tert-OH is 1. The van der Waals surface area contributed by atoms with Gasteiger partial charge >= 0.3 is 0 Å². The molecule has 0 radical (unpaired) electrons. The summed E-state index contributed by atoms with van der Waals surface area (Å²) in [6.07, 6.45) is -0.342. The summed E-state index contributed by atoms with van der Waals surface area (Å²) in [6.45, 7) is 1.08. The molecule has 2 atom stereocenters. The summed E-state index contributed by atoms with van der Waals surface area (Å²) in [5.74, 6) is 0. The third-order valence-corrected chi connectivity index (χ3v) is 3.17. The minimum Gasteiger partial charge on any atom is -0.388 e. The first-order valence-corrected chi connectivity index (χ1v) is 5.66. The topological polar surface area (TPSA) is 65.4 Å². The fourth-order valence-electron chi connectivity index (χ4n) is 1.80. The maximum Gasteiger partial charge on any atom is 0.135 e. The van der Waals surface area contributed by atoms with Crippen LogP contribution in [-0.2, 0) is 5.60 Å². The molecule has 5 heteroatoms. The van der Waals surface area contributed by atoms with Gasteiger partial charge in [0.2, 0.25) is 0 Å². The molecular weight excluding hydrogens is 260 g/mol. The molecule has 1 aliphatic heterocycles. The summed E-state index contributed by atoms with van der Waals surface area (Å²) in [7, 11) is 0. The number of nitrogens with zero attached hydrogens (tertiary/aromatic N) is 1. The lowest BCUT2D eigenvalue weighted by molar-refractivity contribution is -0.100. The smallest absolute Gasteiger partial charge is 0.135 e. The maximum atomic E-state index is 10.4. The third-order valence-electron chi connectivity index (χ3n) is 2.73. The van der Waals surface area contributed by atoms with E-state index in [1.165, 1.54) is 0 Å². The van der Waals surface area contributed by atoms with Gasteiger partial charge in [-0.05, 0) is 41.0 Å². The molecule has 1 saturated heterocycles. The second-order valence-electron chi connectivity index (χ2n) is 3.74. The highest BCUT2D eigenvalue weighted by molar-refractivity contribution is 9.10. The fraction of sp³-hybridized carbons (Fsp3) is 0.500. The molecule has 0 saturated carbocycles. The van der Waals surface area contributed by atoms with Gasteiger partial charge in [0.15, 0.2) is 0 Å². The monoisotopic (exact) mass is 272 g/mol. The number of halogens is 1. The van der Waals surface area contributed by atoms with Crippen molar-refractivity contribution in [3.05, 3.63) is 28.5 Å². The number of pyridine rings is 1. The molecule has 0 aromatic carbocycles. The molecule has 1 aliphatic rings. The predicted molar refractivity (Wildman–Crippen MR) is 59.3 cm³/mol. The number of hydrogen-bond acceptors (Lipinski definition) is 4. The van der Waals surface area contributed by atoms with E-state index in [2.05, 4.69) is 26.2 Å². The number of aromatic nitrogens is 1. The van der Waals surface area contributed by atoms with Crippen molar-refractivity contribution in [1.29, 1.82) is 0 Å². The van der Waals surface area contributed by atoms with Crippen molar-refractivity contribution in [3.8, 4) is 0 Å². The van der Waals surface area contributed by atoms with Crippen LogP contribution in [0.1, 0.15) is 12.1 Å². The van der Waals surface area contributed by atoms with Gasteiger partial charge in [0, 0.05) is 6.54 Å². The highest BCUT2D eigenvalue weighted by Gasteiger charge is 2.40. The van der Waals surface area contributed by atoms with Crippen molar-refractivity contribution in [1.82, 2.24) is 10.3 Å². The van der Waals surface area contributed by atoms with E-state index in [4.69, 9.17) is 0 Å². The van der Waals surface area contributed by atoms with Crippen LogP contribution in [0.25, 0.3) is 0 Å². The van der Waals surface area contributed by atoms with Crippen LogP contribution in [0.15, 0.2) is 22.8 Å². The van der Waals surface area contributed by atoms with Crippen LogP contribution in [-0.4, -0.2) is 34.4 Å². The number of β-amino-alcohol motifs (C(OH)–C–C–N with tert-alkyl or cyclic N) is 1. The second-order valence-corrected chi connectivity index (χ2v) is 4.55. The molecule has 1 fully saturated rings. The van der Waals surface area contributed by atoms with Crippen molar-refractivity contribution in [2.45, 2.75) is 18.1 Å². The lowest BCUT2D eigenvalue weighted by Gasteiger charge is -2.36. The Morgan fingerprint density at radius 3 is 3.00 bits per heavy atom. The van der Waals surface area contributed by atoms with E-state index in [-0.39, 0.29) is 0 Å². The van der Waals surface area contributed by atoms with Crippen molar-refractivity contribution < 1.29 is 10.2 Å². The van der Waals surface area contributed by atoms with E-state index in [0.29, 0.717) is 29.8 Å². The van der Waals surface area contributed by atoms with E-state index in [1.54, 1.807) is 18.2 Å². The van der Waals surface area contributed by atoms with Gasteiger partial charge in [-0.15, -0.1) is 0 Å². The van der Waals surface area contributed by atoms with Gasteiger partial charge in [-0.2, -0.15) is 0 Å². The lowest BCUT2D eigenvalue weighted by Crippen LogP contribution is -2.52. The molecule has 0 spiro atoms. The van der Waals surface area contributed by atoms with E-state index in [9.17, 15) is 10.2 Å². The number of nitrogens with one attached hydrogen (secondary N) is 1. The molecule has 0 bridgehead atoms. The predicted octanol–water partition coefficient (Wildman–Crippen LogP) is 0.386. The molecule has 1 aromatic heterocycles. The average molecular weight is 273 g/mol. The highest BCUT2D eigenvalue weighted by Crippen LogP contribution is 2.29. The SMILES string of the molecule is O[C@@H]1CNCC[C@@]1(O)c1cccc(Br)n1. The summed E-state index contributed by atoms with van der Waals surface area (Å²) in [5, 5.41) is 23.2. The number of aliphatic hydroxyl groups is 2. The van der Waals surface area contributed by atoms with Gasteiger partial charge in [-0.3, -0.25) is 0 Å². The first-order chi connectivity index (χ1) is 7.13. The molecule has 1 aromatic rings. The fourth-order valence-corrected chi connectivity index (χ4v) is 2.14. The van der Waals surface area contributed by atoms with Crippen LogP contribution in [0.2, 0.25) is 0 Å². The zero-order chi connectivity index (χ0) is 10.9. The molecular formula is C10H13BrN2O2. The largest absolute Gasteiger partial charge is 0.388 e. The molecule has 4 nitrogen and oxygen atoms in total.